The van der Waals surface area contributed by atoms with Crippen LogP contribution in [0.3, 0.4) is 0 Å². The van der Waals surface area contributed by atoms with Crippen LogP contribution in [0.25, 0.3) is 0 Å². The van der Waals surface area contributed by atoms with E-state index in [1.807, 2.05) is 0 Å². The summed E-state index contributed by atoms with van der Waals surface area (Å²) in [6, 6.07) is 12.3. The van der Waals surface area contributed by atoms with Gasteiger partial charge in [0.05, 0.1) is 10.8 Å². The average molecular weight is 415 g/mol. The van der Waals surface area contributed by atoms with Gasteiger partial charge >= 0.3 is 0 Å². The summed E-state index contributed by atoms with van der Waals surface area (Å²) in [7, 11) is 3.40. The minimum atomic E-state index is -0.147. The van der Waals surface area contributed by atoms with Crippen LogP contribution in [-0.4, -0.2) is 35.9 Å². The third kappa shape index (κ3) is 6.47. The Bertz CT molecular complexity index is 768. The van der Waals surface area contributed by atoms with Gasteiger partial charge in [-0.1, -0.05) is 23.2 Å². The fraction of sp³-hybridized carbons (Fsp3) is 0.176. The molecule has 0 aliphatic carbocycles. The number of amides is 2. The van der Waals surface area contributed by atoms with Crippen LogP contribution in [0, 0.1) is 0 Å². The minimum Gasteiger partial charge on any atom is -0.339 e. The van der Waals surface area contributed by atoms with Crippen molar-refractivity contribution in [2.75, 3.05) is 25.2 Å². The van der Waals surface area contributed by atoms with Gasteiger partial charge in [-0.15, -0.1) is 11.8 Å². The summed E-state index contributed by atoms with van der Waals surface area (Å²) in [5.41, 5.74) is 0.671. The molecule has 25 heavy (non-hydrogen) atoms. The van der Waals surface area contributed by atoms with Crippen molar-refractivity contribution >= 4 is 63.6 Å². The molecule has 4 nitrogen and oxygen atoms in total. The third-order valence-corrected chi connectivity index (χ3v) is 5.74. The van der Waals surface area contributed by atoms with Crippen molar-refractivity contribution in [1.29, 1.82) is 0 Å². The molecule has 0 radical (unpaired) electrons. The van der Waals surface area contributed by atoms with Crippen LogP contribution < -0.4 is 5.32 Å². The number of benzene rings is 2. The van der Waals surface area contributed by atoms with Gasteiger partial charge in [0, 0.05) is 34.6 Å². The van der Waals surface area contributed by atoms with Crippen LogP contribution in [0.2, 0.25) is 10.0 Å². The average Bonchev–Trinajstić information content (AvgIpc) is 2.57. The van der Waals surface area contributed by atoms with Crippen molar-refractivity contribution in [1.82, 2.24) is 4.90 Å². The molecule has 0 aliphatic heterocycles. The molecule has 0 aromatic heterocycles. The highest BCUT2D eigenvalue weighted by molar-refractivity contribution is 8.13. The Morgan fingerprint density at radius 2 is 1.76 bits per heavy atom. The zero-order valence-corrected chi connectivity index (χ0v) is 16.7. The molecule has 0 fully saturated rings. The van der Waals surface area contributed by atoms with E-state index in [-0.39, 0.29) is 16.9 Å². The van der Waals surface area contributed by atoms with E-state index in [0.29, 0.717) is 15.7 Å². The summed E-state index contributed by atoms with van der Waals surface area (Å²) >= 11 is 14.5. The number of nitrogens with one attached hydrogen (secondary N) is 1. The Balaban J connectivity index is 1.88. The summed E-state index contributed by atoms with van der Waals surface area (Å²) < 4.78 is 0. The largest absolute Gasteiger partial charge is 0.339 e. The highest BCUT2D eigenvalue weighted by Crippen LogP contribution is 2.30. The van der Waals surface area contributed by atoms with E-state index < -0.39 is 0 Å². The number of thioether (sulfide) groups is 2. The predicted molar refractivity (Wildman–Crippen MR) is 107 cm³/mol. The second kappa shape index (κ2) is 9.38. The number of halogens is 2. The molecule has 0 saturated heterocycles. The Hall–Kier alpha value is -1.34. The van der Waals surface area contributed by atoms with Gasteiger partial charge in [-0.3, -0.25) is 9.59 Å². The predicted octanol–water partition coefficient (Wildman–Crippen LogP) is 5.50. The summed E-state index contributed by atoms with van der Waals surface area (Å²) in [5.74, 6) is 0.0705. The van der Waals surface area contributed by atoms with Crippen molar-refractivity contribution in [3.63, 3.8) is 0 Å². The molecule has 0 heterocycles. The first-order chi connectivity index (χ1) is 11.8. The molecule has 0 atom stereocenters. The number of carbonyl (C=O) groups excluding carboxylic acids is 2. The van der Waals surface area contributed by atoms with Gasteiger partial charge in [-0.2, -0.15) is 0 Å². The maximum absolute atomic E-state index is 12.1. The van der Waals surface area contributed by atoms with Crippen LogP contribution >= 0.6 is 46.7 Å². The van der Waals surface area contributed by atoms with E-state index in [4.69, 9.17) is 23.2 Å². The fourth-order valence-electron chi connectivity index (χ4n) is 1.73. The highest BCUT2D eigenvalue weighted by atomic mass is 35.5. The van der Waals surface area contributed by atoms with Crippen LogP contribution in [0.5, 0.6) is 0 Å². The zero-order valence-electron chi connectivity index (χ0n) is 13.6. The molecule has 2 aromatic rings. The minimum absolute atomic E-state index is 0.0495. The summed E-state index contributed by atoms with van der Waals surface area (Å²) in [6.07, 6.45) is 0. The number of rotatable bonds is 5. The maximum atomic E-state index is 12.1. The number of carbonyl (C=O) groups is 2. The Morgan fingerprint density at radius 1 is 1.08 bits per heavy atom. The van der Waals surface area contributed by atoms with Crippen LogP contribution in [-0.2, 0) is 4.79 Å². The Morgan fingerprint density at radius 3 is 2.40 bits per heavy atom. The Labute approximate surface area is 165 Å². The smallest absolute Gasteiger partial charge is 0.285 e. The van der Waals surface area contributed by atoms with Crippen molar-refractivity contribution < 1.29 is 9.59 Å². The molecule has 0 bridgehead atoms. The van der Waals surface area contributed by atoms with Gasteiger partial charge in [0.15, 0.2) is 0 Å². The SMILES string of the molecule is CN(C)C(=O)Sc1ccc(NC(=O)CSc2cc(Cl)ccc2Cl)cc1. The molecule has 0 unspecified atom stereocenters. The molecule has 0 saturated carbocycles. The lowest BCUT2D eigenvalue weighted by Gasteiger charge is -2.10. The van der Waals surface area contributed by atoms with Crippen molar-refractivity contribution in [3.05, 3.63) is 52.5 Å². The lowest BCUT2D eigenvalue weighted by molar-refractivity contribution is -0.113. The summed E-state index contributed by atoms with van der Waals surface area (Å²) in [6.45, 7) is 0. The molecule has 2 aromatic carbocycles. The third-order valence-electron chi connectivity index (χ3n) is 2.96. The van der Waals surface area contributed by atoms with E-state index in [0.717, 1.165) is 21.6 Å². The van der Waals surface area contributed by atoms with Gasteiger partial charge in [-0.05, 0) is 54.2 Å². The molecule has 0 spiro atoms. The van der Waals surface area contributed by atoms with Gasteiger partial charge in [0.1, 0.15) is 0 Å². The summed E-state index contributed by atoms with van der Waals surface area (Å²) in [4.78, 5) is 26.8. The second-order valence-corrected chi connectivity index (χ2v) is 8.08. The van der Waals surface area contributed by atoms with Crippen LogP contribution in [0.15, 0.2) is 52.3 Å². The first kappa shape index (κ1) is 20.0. The van der Waals surface area contributed by atoms with Gasteiger partial charge in [-0.25, -0.2) is 0 Å². The van der Waals surface area contributed by atoms with E-state index in [2.05, 4.69) is 5.32 Å². The molecule has 2 amide bonds. The van der Waals surface area contributed by atoms with Crippen molar-refractivity contribution in [2.24, 2.45) is 0 Å². The zero-order chi connectivity index (χ0) is 18.4. The summed E-state index contributed by atoms with van der Waals surface area (Å²) in [5, 5.41) is 3.90. The normalized spacial score (nSPS) is 10.4. The van der Waals surface area contributed by atoms with E-state index in [9.17, 15) is 9.59 Å². The maximum Gasteiger partial charge on any atom is 0.285 e. The number of nitrogens with zero attached hydrogens (tertiary/aromatic N) is 1. The van der Waals surface area contributed by atoms with E-state index in [1.165, 1.54) is 16.7 Å². The van der Waals surface area contributed by atoms with Crippen molar-refractivity contribution in [3.8, 4) is 0 Å². The second-order valence-electron chi connectivity index (χ2n) is 5.20. The molecular weight excluding hydrogens is 399 g/mol. The van der Waals surface area contributed by atoms with Gasteiger partial charge in [0.2, 0.25) is 5.91 Å². The first-order valence-electron chi connectivity index (χ1n) is 7.22. The topological polar surface area (TPSA) is 49.4 Å². The lowest BCUT2D eigenvalue weighted by Crippen LogP contribution is -2.16. The van der Waals surface area contributed by atoms with Gasteiger partial charge < -0.3 is 10.2 Å². The van der Waals surface area contributed by atoms with Crippen LogP contribution in [0.4, 0.5) is 10.5 Å². The lowest BCUT2D eigenvalue weighted by atomic mass is 10.3. The molecule has 8 heteroatoms. The number of hydrogen-bond donors (Lipinski definition) is 1. The van der Waals surface area contributed by atoms with E-state index in [1.54, 1.807) is 56.6 Å². The fourth-order valence-corrected chi connectivity index (χ4v) is 3.68. The van der Waals surface area contributed by atoms with Crippen LogP contribution in [0.1, 0.15) is 0 Å². The molecule has 132 valence electrons. The monoisotopic (exact) mass is 414 g/mol. The molecule has 0 aliphatic rings. The number of hydrogen-bond acceptors (Lipinski definition) is 4. The van der Waals surface area contributed by atoms with Crippen molar-refractivity contribution in [2.45, 2.75) is 9.79 Å². The first-order valence-corrected chi connectivity index (χ1v) is 9.78. The highest BCUT2D eigenvalue weighted by Gasteiger charge is 2.09. The molecule has 2 rings (SSSR count). The standard InChI is InChI=1S/C17H16Cl2N2O2S2/c1-21(2)17(23)25-13-6-4-12(5-7-13)20-16(22)10-24-15-9-11(18)3-8-14(15)19/h3-9H,10H2,1-2H3,(H,20,22). The van der Waals surface area contributed by atoms with E-state index >= 15 is 0 Å². The Kier molecular flexibility index (Phi) is 7.50. The molecular formula is C17H16Cl2N2O2S2. The number of anilines is 1. The van der Waals surface area contributed by atoms with Gasteiger partial charge in [0.25, 0.3) is 5.24 Å². The quantitative estimate of drug-likeness (QED) is 0.656. The molecule has 1 N–H and O–H groups in total.